The van der Waals surface area contributed by atoms with E-state index in [1.54, 1.807) is 18.2 Å². The van der Waals surface area contributed by atoms with Gasteiger partial charge in [-0.05, 0) is 20.2 Å². The topological polar surface area (TPSA) is 33.7 Å². The van der Waals surface area contributed by atoms with Crippen LogP contribution in [0.1, 0.15) is 5.56 Å². The molecule has 0 amide bonds. The molecule has 1 N–H and O–H groups in total. The molecule has 0 saturated carbocycles. The van der Waals surface area contributed by atoms with Gasteiger partial charge in [0.1, 0.15) is 5.75 Å². The van der Waals surface area contributed by atoms with Crippen LogP contribution in [-0.2, 0) is 11.3 Å². The van der Waals surface area contributed by atoms with E-state index >= 15 is 0 Å². The van der Waals surface area contributed by atoms with E-state index in [1.807, 2.05) is 19.0 Å². The molecule has 4 nitrogen and oxygen atoms in total. The van der Waals surface area contributed by atoms with E-state index in [0.29, 0.717) is 31.9 Å². The monoisotopic (exact) mass is 288 g/mol. The van der Waals surface area contributed by atoms with Gasteiger partial charge >= 0.3 is 6.61 Å². The Morgan fingerprint density at radius 2 is 1.95 bits per heavy atom. The van der Waals surface area contributed by atoms with Crippen LogP contribution in [0.3, 0.4) is 0 Å². The first-order valence-corrected chi connectivity index (χ1v) is 6.55. The average Bonchev–Trinajstić information content (AvgIpc) is 2.38. The number of hydrogen-bond acceptors (Lipinski definition) is 4. The summed E-state index contributed by atoms with van der Waals surface area (Å²) in [7, 11) is 3.98. The van der Waals surface area contributed by atoms with E-state index in [1.165, 1.54) is 6.07 Å². The second-order valence-electron chi connectivity index (χ2n) is 4.58. The Balaban J connectivity index is 2.21. The zero-order valence-corrected chi connectivity index (χ0v) is 11.9. The minimum atomic E-state index is -2.80. The number of para-hydroxylation sites is 1. The molecule has 0 unspecified atom stereocenters. The maximum Gasteiger partial charge on any atom is 0.387 e. The number of hydrogen-bond donors (Lipinski definition) is 1. The summed E-state index contributed by atoms with van der Waals surface area (Å²) in [5.74, 6) is 0.212. The van der Waals surface area contributed by atoms with Crippen molar-refractivity contribution in [3.63, 3.8) is 0 Å². The van der Waals surface area contributed by atoms with E-state index in [4.69, 9.17) is 4.74 Å². The largest absolute Gasteiger partial charge is 0.434 e. The number of likely N-dealkylation sites (N-methyl/N-ethyl adjacent to an activating group) is 1. The molecular formula is C14H22F2N2O2. The van der Waals surface area contributed by atoms with Gasteiger partial charge in [-0.3, -0.25) is 0 Å². The number of rotatable bonds is 10. The van der Waals surface area contributed by atoms with Crippen molar-refractivity contribution in [2.24, 2.45) is 0 Å². The van der Waals surface area contributed by atoms with Crippen LogP contribution in [0.2, 0.25) is 0 Å². The average molecular weight is 288 g/mol. The fourth-order valence-electron chi connectivity index (χ4n) is 1.58. The lowest BCUT2D eigenvalue weighted by Gasteiger charge is -2.12. The van der Waals surface area contributed by atoms with Crippen molar-refractivity contribution in [1.29, 1.82) is 0 Å². The Bertz CT molecular complexity index is 376. The van der Waals surface area contributed by atoms with Crippen LogP contribution in [-0.4, -0.2) is 51.9 Å². The van der Waals surface area contributed by atoms with E-state index in [0.717, 1.165) is 6.54 Å². The smallest absolute Gasteiger partial charge is 0.387 e. The van der Waals surface area contributed by atoms with Crippen molar-refractivity contribution in [3.05, 3.63) is 29.8 Å². The molecule has 0 radical (unpaired) electrons. The van der Waals surface area contributed by atoms with Crippen LogP contribution >= 0.6 is 0 Å². The summed E-state index contributed by atoms with van der Waals surface area (Å²) in [6, 6.07) is 6.77. The highest BCUT2D eigenvalue weighted by Gasteiger charge is 2.08. The van der Waals surface area contributed by atoms with Gasteiger partial charge in [-0.2, -0.15) is 8.78 Å². The van der Waals surface area contributed by atoms with Gasteiger partial charge < -0.3 is 19.7 Å². The summed E-state index contributed by atoms with van der Waals surface area (Å²) in [4.78, 5) is 2.05. The molecule has 0 aliphatic carbocycles. The van der Waals surface area contributed by atoms with Crippen molar-refractivity contribution in [3.8, 4) is 5.75 Å². The molecule has 0 bridgehead atoms. The van der Waals surface area contributed by atoms with Crippen molar-refractivity contribution in [1.82, 2.24) is 10.2 Å². The second kappa shape index (κ2) is 9.63. The summed E-state index contributed by atoms with van der Waals surface area (Å²) in [5, 5.41) is 3.14. The zero-order chi connectivity index (χ0) is 14.8. The van der Waals surface area contributed by atoms with E-state index in [-0.39, 0.29) is 5.75 Å². The van der Waals surface area contributed by atoms with Gasteiger partial charge in [0, 0.05) is 25.2 Å². The van der Waals surface area contributed by atoms with Gasteiger partial charge in [-0.1, -0.05) is 18.2 Å². The van der Waals surface area contributed by atoms with Crippen LogP contribution in [0.4, 0.5) is 8.78 Å². The van der Waals surface area contributed by atoms with Gasteiger partial charge in [0.2, 0.25) is 0 Å². The third kappa shape index (κ3) is 7.37. The maximum atomic E-state index is 12.2. The van der Waals surface area contributed by atoms with Gasteiger partial charge in [-0.15, -0.1) is 0 Å². The van der Waals surface area contributed by atoms with Gasteiger partial charge in [0.05, 0.1) is 13.2 Å². The molecular weight excluding hydrogens is 266 g/mol. The molecule has 0 atom stereocenters. The van der Waals surface area contributed by atoms with Gasteiger partial charge in [0.25, 0.3) is 0 Å². The Hall–Kier alpha value is -1.24. The Morgan fingerprint density at radius 3 is 2.65 bits per heavy atom. The van der Waals surface area contributed by atoms with Gasteiger partial charge in [0.15, 0.2) is 0 Å². The van der Waals surface area contributed by atoms with E-state index < -0.39 is 6.61 Å². The lowest BCUT2D eigenvalue weighted by molar-refractivity contribution is -0.0505. The predicted molar refractivity (Wildman–Crippen MR) is 74.2 cm³/mol. The molecule has 1 aromatic rings. The van der Waals surface area contributed by atoms with Crippen molar-refractivity contribution in [2.45, 2.75) is 13.2 Å². The molecule has 1 aromatic carbocycles. The first kappa shape index (κ1) is 16.8. The lowest BCUT2D eigenvalue weighted by Crippen LogP contribution is -2.23. The minimum Gasteiger partial charge on any atom is -0.434 e. The normalized spacial score (nSPS) is 11.3. The van der Waals surface area contributed by atoms with Crippen LogP contribution < -0.4 is 10.1 Å². The molecule has 6 heteroatoms. The molecule has 0 aromatic heterocycles. The SMILES string of the molecule is CN(C)CCOCCNCc1ccccc1OC(F)F. The van der Waals surface area contributed by atoms with Crippen molar-refractivity contribution < 1.29 is 18.3 Å². The van der Waals surface area contributed by atoms with Crippen molar-refractivity contribution >= 4 is 0 Å². The Kier molecular flexibility index (Phi) is 8.10. The molecule has 0 fully saturated rings. The molecule has 0 saturated heterocycles. The number of ether oxygens (including phenoxy) is 2. The highest BCUT2D eigenvalue weighted by Crippen LogP contribution is 2.19. The first-order chi connectivity index (χ1) is 9.59. The molecule has 114 valence electrons. The van der Waals surface area contributed by atoms with Crippen LogP contribution in [0, 0.1) is 0 Å². The number of alkyl halides is 2. The first-order valence-electron chi connectivity index (χ1n) is 6.55. The standard InChI is InChI=1S/C14H22F2N2O2/c1-18(2)8-10-19-9-7-17-11-12-5-3-4-6-13(12)20-14(15)16/h3-6,14,17H,7-11H2,1-2H3. The fourth-order valence-corrected chi connectivity index (χ4v) is 1.58. The third-order valence-corrected chi connectivity index (χ3v) is 2.61. The lowest BCUT2D eigenvalue weighted by atomic mass is 10.2. The van der Waals surface area contributed by atoms with Crippen molar-refractivity contribution in [2.75, 3.05) is 40.4 Å². The molecule has 20 heavy (non-hydrogen) atoms. The highest BCUT2D eigenvalue weighted by molar-refractivity contribution is 5.33. The summed E-state index contributed by atoms with van der Waals surface area (Å²) < 4.78 is 34.3. The number of nitrogens with zero attached hydrogens (tertiary/aromatic N) is 1. The molecule has 0 aliphatic heterocycles. The minimum absolute atomic E-state index is 0.212. The third-order valence-electron chi connectivity index (χ3n) is 2.61. The fraction of sp³-hybridized carbons (Fsp3) is 0.571. The highest BCUT2D eigenvalue weighted by atomic mass is 19.3. The molecule has 0 spiro atoms. The summed E-state index contributed by atoms with van der Waals surface area (Å²) in [6.45, 7) is 0.484. The number of halogens is 2. The van der Waals surface area contributed by atoms with E-state index in [2.05, 4.69) is 10.1 Å². The molecule has 1 rings (SSSR count). The quantitative estimate of drug-likeness (QED) is 0.667. The number of benzene rings is 1. The molecule has 0 aliphatic rings. The predicted octanol–water partition coefficient (Wildman–Crippen LogP) is 1.96. The Morgan fingerprint density at radius 1 is 1.20 bits per heavy atom. The van der Waals surface area contributed by atoms with Crippen LogP contribution in [0.25, 0.3) is 0 Å². The summed E-state index contributed by atoms with van der Waals surface area (Å²) >= 11 is 0. The molecule has 0 heterocycles. The van der Waals surface area contributed by atoms with Gasteiger partial charge in [-0.25, -0.2) is 0 Å². The second-order valence-corrected chi connectivity index (χ2v) is 4.58. The van der Waals surface area contributed by atoms with Crippen LogP contribution in [0.15, 0.2) is 24.3 Å². The number of nitrogens with one attached hydrogen (secondary N) is 1. The van der Waals surface area contributed by atoms with E-state index in [9.17, 15) is 8.78 Å². The Labute approximate surface area is 118 Å². The summed E-state index contributed by atoms with van der Waals surface area (Å²) in [5.41, 5.74) is 0.709. The summed E-state index contributed by atoms with van der Waals surface area (Å²) in [6.07, 6.45) is 0. The maximum absolute atomic E-state index is 12.2. The zero-order valence-electron chi connectivity index (χ0n) is 11.9. The van der Waals surface area contributed by atoms with Crippen LogP contribution in [0.5, 0.6) is 5.75 Å².